The maximum Gasteiger partial charge on any atom is 0.0498 e. The van der Waals surface area contributed by atoms with Gasteiger partial charge in [0, 0.05) is 33.6 Å². The predicted octanol–water partition coefficient (Wildman–Crippen LogP) is 5.26. The van der Waals surface area contributed by atoms with E-state index < -0.39 is 21.9 Å². The average Bonchev–Trinajstić information content (AvgIpc) is 2.71. The standard InChI is InChI=1S/C24H22O3S2/c1-16(19-6-8-23-14-24(28(2)25)10-9-22(23)13-19)18-5-7-20-11-17(15-29(26)27)3-4-21(20)12-18/h3-14,16H,15H2,1-2H3,(H,26,27)/p-1. The average molecular weight is 422 g/mol. The van der Waals surface area contributed by atoms with E-state index in [-0.39, 0.29) is 11.7 Å². The van der Waals surface area contributed by atoms with Gasteiger partial charge in [0.2, 0.25) is 0 Å². The van der Waals surface area contributed by atoms with Crippen LogP contribution >= 0.6 is 0 Å². The second-order valence-electron chi connectivity index (χ2n) is 7.33. The normalized spacial score (nSPS) is 14.7. The van der Waals surface area contributed by atoms with Gasteiger partial charge in [0.25, 0.3) is 0 Å². The van der Waals surface area contributed by atoms with E-state index in [0.717, 1.165) is 32.0 Å². The SMILES string of the molecule is CC(c1ccc2cc(CS(=O)[O-])ccc2c1)c1ccc2cc(S(C)=O)ccc2c1. The molecule has 0 N–H and O–H groups in total. The summed E-state index contributed by atoms with van der Waals surface area (Å²) >= 11 is -2.08. The highest BCUT2D eigenvalue weighted by Crippen LogP contribution is 2.30. The van der Waals surface area contributed by atoms with Crippen LogP contribution in [-0.4, -0.2) is 19.2 Å². The Hall–Kier alpha value is -2.34. The molecule has 0 fully saturated rings. The van der Waals surface area contributed by atoms with Gasteiger partial charge in [0.15, 0.2) is 0 Å². The van der Waals surface area contributed by atoms with Gasteiger partial charge in [0.05, 0.1) is 0 Å². The maximum absolute atomic E-state index is 11.7. The Kier molecular flexibility index (Phi) is 5.63. The van der Waals surface area contributed by atoms with Crippen molar-refractivity contribution in [3.63, 3.8) is 0 Å². The number of fused-ring (bicyclic) bond motifs is 2. The summed E-state index contributed by atoms with van der Waals surface area (Å²) in [6.45, 7) is 2.19. The Morgan fingerprint density at radius 2 is 1.28 bits per heavy atom. The van der Waals surface area contributed by atoms with Gasteiger partial charge in [-0.25, -0.2) is 0 Å². The quantitative estimate of drug-likeness (QED) is 0.413. The third-order valence-electron chi connectivity index (χ3n) is 5.38. The summed E-state index contributed by atoms with van der Waals surface area (Å²) in [6.07, 6.45) is 1.69. The zero-order valence-corrected chi connectivity index (χ0v) is 17.9. The molecule has 0 saturated heterocycles. The Labute approximate surface area is 175 Å². The summed E-state index contributed by atoms with van der Waals surface area (Å²) in [6, 6.07) is 24.5. The molecular formula is C24H21O3S2-. The Balaban J connectivity index is 1.66. The second-order valence-corrected chi connectivity index (χ2v) is 9.61. The largest absolute Gasteiger partial charge is 0.772 e. The second kappa shape index (κ2) is 8.19. The van der Waals surface area contributed by atoms with Crippen LogP contribution in [0.2, 0.25) is 0 Å². The summed E-state index contributed by atoms with van der Waals surface area (Å²) in [7, 11) is -0.982. The summed E-state index contributed by atoms with van der Waals surface area (Å²) in [5, 5.41) is 4.38. The zero-order chi connectivity index (χ0) is 20.5. The molecule has 0 saturated carbocycles. The highest BCUT2D eigenvalue weighted by Gasteiger charge is 2.11. The molecule has 4 aromatic carbocycles. The van der Waals surface area contributed by atoms with Gasteiger partial charge in [-0.05, 0) is 50.4 Å². The fourth-order valence-electron chi connectivity index (χ4n) is 3.69. The number of hydrogen-bond acceptors (Lipinski definition) is 3. The van der Waals surface area contributed by atoms with Gasteiger partial charge in [-0.2, -0.15) is 0 Å². The van der Waals surface area contributed by atoms with Crippen LogP contribution in [0.3, 0.4) is 0 Å². The van der Waals surface area contributed by atoms with Gasteiger partial charge in [-0.1, -0.05) is 78.7 Å². The fraction of sp³-hybridized carbons (Fsp3) is 0.167. The highest BCUT2D eigenvalue weighted by atomic mass is 32.2. The van der Waals surface area contributed by atoms with E-state index in [9.17, 15) is 13.0 Å². The molecule has 148 valence electrons. The van der Waals surface area contributed by atoms with Crippen LogP contribution in [0.4, 0.5) is 0 Å². The van der Waals surface area contributed by atoms with Crippen LogP contribution in [0, 0.1) is 0 Å². The summed E-state index contributed by atoms with van der Waals surface area (Å²) < 4.78 is 33.6. The molecule has 3 atom stereocenters. The minimum Gasteiger partial charge on any atom is -0.772 e. The van der Waals surface area contributed by atoms with Crippen molar-refractivity contribution in [2.24, 2.45) is 0 Å². The van der Waals surface area contributed by atoms with Crippen LogP contribution < -0.4 is 0 Å². The van der Waals surface area contributed by atoms with Crippen LogP contribution in [0.1, 0.15) is 29.5 Å². The molecule has 0 radical (unpaired) electrons. The lowest BCUT2D eigenvalue weighted by atomic mass is 9.90. The molecule has 0 heterocycles. The van der Waals surface area contributed by atoms with Crippen molar-refractivity contribution in [2.75, 3.05) is 6.26 Å². The van der Waals surface area contributed by atoms with E-state index in [2.05, 4.69) is 43.3 Å². The van der Waals surface area contributed by atoms with Gasteiger partial charge < -0.3 is 4.55 Å². The molecular weight excluding hydrogens is 400 g/mol. The minimum atomic E-state index is -2.08. The van der Waals surface area contributed by atoms with E-state index >= 15 is 0 Å². The monoisotopic (exact) mass is 421 g/mol. The van der Waals surface area contributed by atoms with E-state index in [4.69, 9.17) is 0 Å². The predicted molar refractivity (Wildman–Crippen MR) is 120 cm³/mol. The third kappa shape index (κ3) is 4.32. The Morgan fingerprint density at radius 3 is 1.86 bits per heavy atom. The molecule has 0 spiro atoms. The van der Waals surface area contributed by atoms with Crippen LogP contribution in [0.25, 0.3) is 21.5 Å². The molecule has 0 aliphatic rings. The Bertz CT molecular complexity index is 1260. The van der Waals surface area contributed by atoms with E-state index in [0.29, 0.717) is 0 Å². The van der Waals surface area contributed by atoms with E-state index in [1.54, 1.807) is 6.26 Å². The lowest BCUT2D eigenvalue weighted by Crippen LogP contribution is -1.97. The fourth-order valence-corrected chi connectivity index (χ4v) is 4.70. The maximum atomic E-state index is 11.7. The number of rotatable bonds is 5. The molecule has 29 heavy (non-hydrogen) atoms. The first-order valence-electron chi connectivity index (χ1n) is 9.36. The zero-order valence-electron chi connectivity index (χ0n) is 16.3. The topological polar surface area (TPSA) is 57.2 Å². The van der Waals surface area contributed by atoms with Gasteiger partial charge >= 0.3 is 0 Å². The van der Waals surface area contributed by atoms with Crippen LogP contribution in [-0.2, 0) is 27.6 Å². The molecule has 0 amide bonds. The molecule has 5 heteroatoms. The van der Waals surface area contributed by atoms with Crippen LogP contribution in [0.5, 0.6) is 0 Å². The Morgan fingerprint density at radius 1 is 0.759 bits per heavy atom. The van der Waals surface area contributed by atoms with E-state index in [1.807, 2.05) is 36.4 Å². The van der Waals surface area contributed by atoms with Crippen molar-refractivity contribution in [3.8, 4) is 0 Å². The molecule has 4 rings (SSSR count). The van der Waals surface area contributed by atoms with Crippen molar-refractivity contribution in [3.05, 3.63) is 89.5 Å². The number of hydrogen-bond donors (Lipinski definition) is 0. The smallest absolute Gasteiger partial charge is 0.0498 e. The molecule has 4 aromatic rings. The molecule has 0 aromatic heterocycles. The lowest BCUT2D eigenvalue weighted by Gasteiger charge is -2.15. The first-order valence-corrected chi connectivity index (χ1v) is 12.2. The van der Waals surface area contributed by atoms with Crippen molar-refractivity contribution >= 4 is 43.4 Å². The summed E-state index contributed by atoms with van der Waals surface area (Å²) in [5.41, 5.74) is 3.23. The summed E-state index contributed by atoms with van der Waals surface area (Å²) in [5.74, 6) is 0.260. The first-order chi connectivity index (χ1) is 13.9. The van der Waals surface area contributed by atoms with Gasteiger partial charge in [-0.3, -0.25) is 8.42 Å². The summed E-state index contributed by atoms with van der Waals surface area (Å²) in [4.78, 5) is 0.841. The van der Waals surface area contributed by atoms with Crippen molar-refractivity contribution in [2.45, 2.75) is 23.5 Å². The van der Waals surface area contributed by atoms with Gasteiger partial charge in [0.1, 0.15) is 0 Å². The van der Waals surface area contributed by atoms with Crippen molar-refractivity contribution in [1.29, 1.82) is 0 Å². The molecule has 0 aliphatic carbocycles. The number of benzene rings is 4. The minimum absolute atomic E-state index is 0.0402. The molecule has 0 aliphatic heterocycles. The molecule has 3 unspecified atom stereocenters. The lowest BCUT2D eigenvalue weighted by molar-refractivity contribution is 0.536. The first kappa shape index (κ1) is 20.0. The van der Waals surface area contributed by atoms with E-state index in [1.165, 1.54) is 11.1 Å². The highest BCUT2D eigenvalue weighted by molar-refractivity contribution is 7.84. The van der Waals surface area contributed by atoms with Crippen molar-refractivity contribution in [1.82, 2.24) is 0 Å². The van der Waals surface area contributed by atoms with Crippen molar-refractivity contribution < 1.29 is 13.0 Å². The van der Waals surface area contributed by atoms with Crippen LogP contribution in [0.15, 0.2) is 77.7 Å². The molecule has 0 bridgehead atoms. The molecule has 3 nitrogen and oxygen atoms in total. The third-order valence-corrected chi connectivity index (χ3v) is 6.87. The van der Waals surface area contributed by atoms with Gasteiger partial charge in [-0.15, -0.1) is 0 Å².